The third kappa shape index (κ3) is 3.89. The molecule has 0 unspecified atom stereocenters. The minimum Gasteiger partial charge on any atom is -0.477 e. The number of carboxylic acids is 1. The van der Waals surface area contributed by atoms with Crippen LogP contribution < -0.4 is 5.43 Å². The van der Waals surface area contributed by atoms with E-state index in [0.29, 0.717) is 11.3 Å². The van der Waals surface area contributed by atoms with Crippen LogP contribution in [-0.2, 0) is 11.2 Å². The van der Waals surface area contributed by atoms with Crippen molar-refractivity contribution in [3.05, 3.63) is 70.3 Å². The Kier molecular flexibility index (Phi) is 4.81. The molecular formula is C15H13N3O4. The number of rotatable bonds is 6. The van der Waals surface area contributed by atoms with Crippen LogP contribution in [0, 0.1) is 10.1 Å². The van der Waals surface area contributed by atoms with Gasteiger partial charge in [0.05, 0.1) is 10.6 Å². The van der Waals surface area contributed by atoms with Gasteiger partial charge in [-0.2, -0.15) is 5.10 Å². The second kappa shape index (κ2) is 6.98. The van der Waals surface area contributed by atoms with E-state index in [1.807, 2.05) is 6.07 Å². The number of aliphatic carboxylic acids is 1. The standard InChI is InChI=1S/C15H13N3O4/c19-15(20)13(17-16-12-7-2-1-3-8-12)10-11-6-4-5-9-14(11)18(21)22/h1-9,16H,10H2,(H,19,20)/b17-13-. The predicted molar refractivity (Wildman–Crippen MR) is 81.9 cm³/mol. The fourth-order valence-electron chi connectivity index (χ4n) is 1.83. The van der Waals surface area contributed by atoms with Crippen molar-refractivity contribution in [3.63, 3.8) is 0 Å². The number of nitro groups is 1. The number of para-hydroxylation sites is 2. The van der Waals surface area contributed by atoms with Crippen molar-refractivity contribution in [1.82, 2.24) is 0 Å². The van der Waals surface area contributed by atoms with Crippen LogP contribution in [0.15, 0.2) is 59.7 Å². The van der Waals surface area contributed by atoms with Crippen LogP contribution in [0.5, 0.6) is 0 Å². The van der Waals surface area contributed by atoms with Gasteiger partial charge in [-0.1, -0.05) is 36.4 Å². The summed E-state index contributed by atoms with van der Waals surface area (Å²) in [4.78, 5) is 21.7. The first-order chi connectivity index (χ1) is 10.6. The quantitative estimate of drug-likeness (QED) is 0.484. The fraction of sp³-hybridized carbons (Fsp3) is 0.0667. The van der Waals surface area contributed by atoms with E-state index in [4.69, 9.17) is 0 Å². The maximum absolute atomic E-state index is 11.3. The van der Waals surface area contributed by atoms with E-state index in [-0.39, 0.29) is 17.8 Å². The number of benzene rings is 2. The van der Waals surface area contributed by atoms with Gasteiger partial charge in [0, 0.05) is 18.1 Å². The maximum atomic E-state index is 11.3. The highest BCUT2D eigenvalue weighted by Crippen LogP contribution is 2.18. The lowest BCUT2D eigenvalue weighted by molar-refractivity contribution is -0.385. The van der Waals surface area contributed by atoms with E-state index in [0.717, 1.165) is 0 Å². The molecule has 0 spiro atoms. The van der Waals surface area contributed by atoms with E-state index < -0.39 is 10.9 Å². The second-order valence-corrected chi connectivity index (χ2v) is 4.40. The molecule has 0 bridgehead atoms. The van der Waals surface area contributed by atoms with Crippen LogP contribution in [0.4, 0.5) is 11.4 Å². The van der Waals surface area contributed by atoms with E-state index in [1.54, 1.807) is 30.3 Å². The summed E-state index contributed by atoms with van der Waals surface area (Å²) in [5.41, 5.74) is 3.22. The molecule has 0 fully saturated rings. The molecule has 0 radical (unpaired) electrons. The minimum absolute atomic E-state index is 0.129. The van der Waals surface area contributed by atoms with Gasteiger partial charge >= 0.3 is 5.97 Å². The third-order valence-electron chi connectivity index (χ3n) is 2.89. The number of nitrogens with zero attached hydrogens (tertiary/aromatic N) is 2. The van der Waals surface area contributed by atoms with Crippen molar-refractivity contribution in [1.29, 1.82) is 0 Å². The summed E-state index contributed by atoms with van der Waals surface area (Å²) in [6.45, 7) is 0. The zero-order valence-electron chi connectivity index (χ0n) is 11.5. The first kappa shape index (κ1) is 15.2. The van der Waals surface area contributed by atoms with Crippen molar-refractivity contribution in [2.24, 2.45) is 5.10 Å². The van der Waals surface area contributed by atoms with Gasteiger partial charge in [0.25, 0.3) is 5.69 Å². The average molecular weight is 299 g/mol. The first-order valence-electron chi connectivity index (χ1n) is 6.41. The molecule has 2 rings (SSSR count). The molecule has 0 aliphatic carbocycles. The highest BCUT2D eigenvalue weighted by atomic mass is 16.6. The van der Waals surface area contributed by atoms with E-state index >= 15 is 0 Å². The molecule has 2 aromatic carbocycles. The van der Waals surface area contributed by atoms with E-state index in [1.165, 1.54) is 18.2 Å². The van der Waals surface area contributed by atoms with Gasteiger partial charge in [0.2, 0.25) is 0 Å². The van der Waals surface area contributed by atoms with Crippen LogP contribution in [-0.4, -0.2) is 21.7 Å². The summed E-state index contributed by atoms with van der Waals surface area (Å²) < 4.78 is 0. The Balaban J connectivity index is 2.23. The molecule has 0 amide bonds. The molecule has 112 valence electrons. The topological polar surface area (TPSA) is 105 Å². The molecule has 0 saturated heterocycles. The lowest BCUT2D eigenvalue weighted by Gasteiger charge is -2.05. The molecular weight excluding hydrogens is 286 g/mol. The smallest absolute Gasteiger partial charge is 0.352 e. The zero-order valence-corrected chi connectivity index (χ0v) is 11.5. The molecule has 0 aliphatic rings. The number of carboxylic acid groups (broad SMARTS) is 1. The largest absolute Gasteiger partial charge is 0.477 e. The molecule has 2 aromatic rings. The third-order valence-corrected chi connectivity index (χ3v) is 2.89. The van der Waals surface area contributed by atoms with Crippen LogP contribution in [0.2, 0.25) is 0 Å². The molecule has 7 nitrogen and oxygen atoms in total. The Morgan fingerprint density at radius 3 is 2.41 bits per heavy atom. The second-order valence-electron chi connectivity index (χ2n) is 4.40. The Labute approximate surface area is 126 Å². The molecule has 0 heterocycles. The number of anilines is 1. The average Bonchev–Trinajstić information content (AvgIpc) is 2.52. The molecule has 0 saturated carbocycles. The van der Waals surface area contributed by atoms with Crippen molar-refractivity contribution < 1.29 is 14.8 Å². The van der Waals surface area contributed by atoms with E-state index in [9.17, 15) is 20.0 Å². The fourth-order valence-corrected chi connectivity index (χ4v) is 1.83. The van der Waals surface area contributed by atoms with Gasteiger partial charge < -0.3 is 5.11 Å². The number of carbonyl (C=O) groups is 1. The molecule has 7 heteroatoms. The number of nitro benzene ring substituents is 1. The normalized spacial score (nSPS) is 11.0. The number of hydrazone groups is 1. The van der Waals surface area contributed by atoms with Crippen LogP contribution >= 0.6 is 0 Å². The molecule has 0 aromatic heterocycles. The Hall–Kier alpha value is -3.22. The summed E-state index contributed by atoms with van der Waals surface area (Å²) in [7, 11) is 0. The summed E-state index contributed by atoms with van der Waals surface area (Å²) in [5, 5.41) is 24.0. The van der Waals surface area contributed by atoms with Crippen LogP contribution in [0.3, 0.4) is 0 Å². The van der Waals surface area contributed by atoms with E-state index in [2.05, 4.69) is 10.5 Å². The zero-order chi connectivity index (χ0) is 15.9. The molecule has 0 atom stereocenters. The number of hydrogen-bond acceptors (Lipinski definition) is 5. The van der Waals surface area contributed by atoms with Gasteiger partial charge in [-0.15, -0.1) is 0 Å². The van der Waals surface area contributed by atoms with Crippen molar-refractivity contribution >= 4 is 23.1 Å². The summed E-state index contributed by atoms with van der Waals surface area (Å²) in [6.07, 6.45) is -0.147. The summed E-state index contributed by atoms with van der Waals surface area (Å²) in [6, 6.07) is 14.8. The van der Waals surface area contributed by atoms with Gasteiger partial charge in [0.15, 0.2) is 0 Å². The summed E-state index contributed by atoms with van der Waals surface area (Å²) in [5.74, 6) is -1.23. The van der Waals surface area contributed by atoms with Gasteiger partial charge in [0.1, 0.15) is 5.71 Å². The molecule has 0 aliphatic heterocycles. The van der Waals surface area contributed by atoms with Crippen molar-refractivity contribution in [3.8, 4) is 0 Å². The molecule has 22 heavy (non-hydrogen) atoms. The van der Waals surface area contributed by atoms with Gasteiger partial charge in [-0.05, 0) is 12.1 Å². The number of nitrogens with one attached hydrogen (secondary N) is 1. The predicted octanol–water partition coefficient (Wildman–Crippen LogP) is 2.69. The Morgan fingerprint density at radius 1 is 1.14 bits per heavy atom. The minimum atomic E-state index is -1.23. The molecule has 2 N–H and O–H groups in total. The van der Waals surface area contributed by atoms with Crippen LogP contribution in [0.25, 0.3) is 0 Å². The van der Waals surface area contributed by atoms with Gasteiger partial charge in [-0.25, -0.2) is 4.79 Å². The first-order valence-corrected chi connectivity index (χ1v) is 6.41. The Morgan fingerprint density at radius 2 is 1.77 bits per heavy atom. The van der Waals surface area contributed by atoms with Crippen LogP contribution in [0.1, 0.15) is 5.56 Å². The Bertz CT molecular complexity index is 714. The van der Waals surface area contributed by atoms with Gasteiger partial charge in [-0.3, -0.25) is 15.5 Å². The lowest BCUT2D eigenvalue weighted by atomic mass is 10.1. The monoisotopic (exact) mass is 299 g/mol. The van der Waals surface area contributed by atoms with Crippen molar-refractivity contribution in [2.75, 3.05) is 5.43 Å². The SMILES string of the molecule is O=C(O)/C(Cc1ccccc1[N+](=O)[O-])=N\Nc1ccccc1. The van der Waals surface area contributed by atoms with Crippen molar-refractivity contribution in [2.45, 2.75) is 6.42 Å². The maximum Gasteiger partial charge on any atom is 0.352 e. The lowest BCUT2D eigenvalue weighted by Crippen LogP contribution is -2.18. The highest BCUT2D eigenvalue weighted by molar-refractivity contribution is 6.36. The summed E-state index contributed by atoms with van der Waals surface area (Å²) >= 11 is 0. The highest BCUT2D eigenvalue weighted by Gasteiger charge is 2.18. The number of hydrogen-bond donors (Lipinski definition) is 2.